The number of aromatic hydroxyl groups is 2. The first-order valence-corrected chi connectivity index (χ1v) is 7.73. The van der Waals surface area contributed by atoms with E-state index >= 15 is 0 Å². The molecular formula is C21H17NO3. The SMILES string of the molecule is C=C(C(=O)N(c1cccc(O)c1)c1cccc(O)c1)c1ccccc1. The maximum absolute atomic E-state index is 13.1. The summed E-state index contributed by atoms with van der Waals surface area (Å²) in [6.45, 7) is 3.93. The van der Waals surface area contributed by atoms with Gasteiger partial charge in [0.05, 0.1) is 11.4 Å². The topological polar surface area (TPSA) is 60.8 Å². The monoisotopic (exact) mass is 331 g/mol. The molecule has 0 radical (unpaired) electrons. The van der Waals surface area contributed by atoms with Crippen molar-refractivity contribution >= 4 is 22.9 Å². The molecule has 0 aliphatic carbocycles. The molecule has 0 fully saturated rings. The van der Waals surface area contributed by atoms with Gasteiger partial charge in [-0.25, -0.2) is 0 Å². The highest BCUT2D eigenvalue weighted by atomic mass is 16.3. The smallest absolute Gasteiger partial charge is 0.262 e. The van der Waals surface area contributed by atoms with Crippen LogP contribution < -0.4 is 4.90 Å². The first-order valence-electron chi connectivity index (χ1n) is 7.73. The Kier molecular flexibility index (Phi) is 4.53. The number of carbonyl (C=O) groups is 1. The second kappa shape index (κ2) is 6.93. The van der Waals surface area contributed by atoms with Gasteiger partial charge in [-0.3, -0.25) is 9.69 Å². The maximum Gasteiger partial charge on any atom is 0.262 e. The number of nitrogens with zero attached hydrogens (tertiary/aromatic N) is 1. The van der Waals surface area contributed by atoms with Crippen molar-refractivity contribution in [3.63, 3.8) is 0 Å². The van der Waals surface area contributed by atoms with Crippen LogP contribution in [0, 0.1) is 0 Å². The zero-order valence-electron chi connectivity index (χ0n) is 13.5. The van der Waals surface area contributed by atoms with Crippen molar-refractivity contribution in [1.82, 2.24) is 0 Å². The molecule has 0 aromatic heterocycles. The Bertz CT molecular complexity index is 874. The highest BCUT2D eigenvalue weighted by Gasteiger charge is 2.22. The average molecular weight is 331 g/mol. The van der Waals surface area contributed by atoms with E-state index in [-0.39, 0.29) is 17.4 Å². The number of hydrogen-bond donors (Lipinski definition) is 2. The summed E-state index contributed by atoms with van der Waals surface area (Å²) in [5.74, 6) is -0.260. The molecule has 0 heterocycles. The fraction of sp³-hybridized carbons (Fsp3) is 0. The lowest BCUT2D eigenvalue weighted by Crippen LogP contribution is -2.26. The molecular weight excluding hydrogens is 314 g/mol. The summed E-state index contributed by atoms with van der Waals surface area (Å²) in [7, 11) is 0. The molecule has 0 saturated heterocycles. The number of carbonyl (C=O) groups excluding carboxylic acids is 1. The molecule has 25 heavy (non-hydrogen) atoms. The van der Waals surface area contributed by atoms with Gasteiger partial charge in [0, 0.05) is 17.7 Å². The number of amides is 1. The summed E-state index contributed by atoms with van der Waals surface area (Å²) in [6, 6.07) is 21.9. The molecule has 0 aliphatic heterocycles. The number of phenolic OH excluding ortho intramolecular Hbond substituents is 2. The summed E-state index contributed by atoms with van der Waals surface area (Å²) in [5.41, 5.74) is 1.98. The minimum absolute atomic E-state index is 0.0424. The Morgan fingerprint density at radius 1 is 0.760 bits per heavy atom. The molecule has 2 N–H and O–H groups in total. The summed E-state index contributed by atoms with van der Waals surface area (Å²) in [6.07, 6.45) is 0. The molecule has 0 aliphatic rings. The third kappa shape index (κ3) is 3.53. The first kappa shape index (κ1) is 16.3. The van der Waals surface area contributed by atoms with Gasteiger partial charge in [0.25, 0.3) is 5.91 Å². The summed E-state index contributed by atoms with van der Waals surface area (Å²) >= 11 is 0. The van der Waals surface area contributed by atoms with Gasteiger partial charge in [-0.2, -0.15) is 0 Å². The second-order valence-electron chi connectivity index (χ2n) is 5.52. The van der Waals surface area contributed by atoms with Crippen LogP contribution in [0.25, 0.3) is 5.57 Å². The normalized spacial score (nSPS) is 10.2. The first-order chi connectivity index (χ1) is 12.1. The summed E-state index contributed by atoms with van der Waals surface area (Å²) in [5, 5.41) is 19.6. The van der Waals surface area contributed by atoms with Crippen LogP contribution in [-0.2, 0) is 4.79 Å². The van der Waals surface area contributed by atoms with Crippen molar-refractivity contribution in [3.8, 4) is 11.5 Å². The van der Waals surface area contributed by atoms with E-state index in [0.717, 1.165) is 0 Å². The highest BCUT2D eigenvalue weighted by molar-refractivity contribution is 6.28. The van der Waals surface area contributed by atoms with Gasteiger partial charge in [-0.05, 0) is 29.8 Å². The molecule has 3 aromatic rings. The Labute approximate surface area is 145 Å². The van der Waals surface area contributed by atoms with Crippen LogP contribution in [0.1, 0.15) is 5.56 Å². The lowest BCUT2D eigenvalue weighted by atomic mass is 10.1. The lowest BCUT2D eigenvalue weighted by molar-refractivity contribution is -0.112. The van der Waals surface area contributed by atoms with Crippen LogP contribution in [0.3, 0.4) is 0 Å². The van der Waals surface area contributed by atoms with Crippen LogP contribution in [0.15, 0.2) is 85.4 Å². The quantitative estimate of drug-likeness (QED) is 0.693. The second-order valence-corrected chi connectivity index (χ2v) is 5.52. The Morgan fingerprint density at radius 2 is 1.28 bits per heavy atom. The zero-order chi connectivity index (χ0) is 17.8. The minimum atomic E-state index is -0.345. The Balaban J connectivity index is 2.08. The van der Waals surface area contributed by atoms with Crippen molar-refractivity contribution in [2.45, 2.75) is 0 Å². The standard InChI is InChI=1S/C21H17NO3/c1-15(16-7-3-2-4-8-16)21(25)22(17-9-5-11-19(23)13-17)18-10-6-12-20(24)14-18/h2-14,23-24H,1H2. The molecule has 1 amide bonds. The van der Waals surface area contributed by atoms with E-state index in [1.54, 1.807) is 24.3 Å². The predicted octanol–water partition coefficient (Wildman–Crippen LogP) is 4.48. The van der Waals surface area contributed by atoms with Crippen molar-refractivity contribution in [3.05, 3.63) is 91.0 Å². The van der Waals surface area contributed by atoms with Crippen LogP contribution in [-0.4, -0.2) is 16.1 Å². The number of anilines is 2. The number of phenols is 2. The molecule has 0 bridgehead atoms. The van der Waals surface area contributed by atoms with E-state index in [9.17, 15) is 15.0 Å². The zero-order valence-corrected chi connectivity index (χ0v) is 13.5. The molecule has 4 nitrogen and oxygen atoms in total. The molecule has 4 heteroatoms. The predicted molar refractivity (Wildman–Crippen MR) is 98.8 cm³/mol. The van der Waals surface area contributed by atoms with E-state index in [2.05, 4.69) is 6.58 Å². The number of benzene rings is 3. The molecule has 0 atom stereocenters. The van der Waals surface area contributed by atoms with E-state index in [4.69, 9.17) is 0 Å². The lowest BCUT2D eigenvalue weighted by Gasteiger charge is -2.24. The van der Waals surface area contributed by atoms with Crippen molar-refractivity contribution in [2.24, 2.45) is 0 Å². The number of hydrogen-bond acceptors (Lipinski definition) is 3. The van der Waals surface area contributed by atoms with E-state index in [1.165, 1.54) is 29.2 Å². The molecule has 0 spiro atoms. The molecule has 0 unspecified atom stereocenters. The van der Waals surface area contributed by atoms with Crippen LogP contribution in [0.2, 0.25) is 0 Å². The molecule has 124 valence electrons. The Hall–Kier alpha value is -3.53. The van der Waals surface area contributed by atoms with Gasteiger partial charge in [-0.15, -0.1) is 0 Å². The average Bonchev–Trinajstić information content (AvgIpc) is 2.62. The molecule has 3 rings (SSSR count). The largest absolute Gasteiger partial charge is 0.508 e. The van der Waals surface area contributed by atoms with Crippen molar-refractivity contribution in [1.29, 1.82) is 0 Å². The van der Waals surface area contributed by atoms with E-state index in [0.29, 0.717) is 22.5 Å². The van der Waals surface area contributed by atoms with Gasteiger partial charge in [0.15, 0.2) is 0 Å². The number of rotatable bonds is 4. The Morgan fingerprint density at radius 3 is 1.76 bits per heavy atom. The van der Waals surface area contributed by atoms with Crippen molar-refractivity contribution in [2.75, 3.05) is 4.90 Å². The molecule has 3 aromatic carbocycles. The van der Waals surface area contributed by atoms with Gasteiger partial charge in [0.2, 0.25) is 0 Å². The summed E-state index contributed by atoms with van der Waals surface area (Å²) in [4.78, 5) is 14.5. The van der Waals surface area contributed by atoms with Crippen molar-refractivity contribution < 1.29 is 15.0 Å². The third-order valence-electron chi connectivity index (χ3n) is 3.76. The van der Waals surface area contributed by atoms with Gasteiger partial charge >= 0.3 is 0 Å². The highest BCUT2D eigenvalue weighted by Crippen LogP contribution is 2.32. The van der Waals surface area contributed by atoms with Crippen LogP contribution >= 0.6 is 0 Å². The summed E-state index contributed by atoms with van der Waals surface area (Å²) < 4.78 is 0. The van der Waals surface area contributed by atoms with E-state index in [1.807, 2.05) is 30.3 Å². The van der Waals surface area contributed by atoms with E-state index < -0.39 is 0 Å². The van der Waals surface area contributed by atoms with Crippen LogP contribution in [0.4, 0.5) is 11.4 Å². The minimum Gasteiger partial charge on any atom is -0.508 e. The fourth-order valence-electron chi connectivity index (χ4n) is 2.55. The van der Waals surface area contributed by atoms with Gasteiger partial charge in [-0.1, -0.05) is 49.0 Å². The van der Waals surface area contributed by atoms with Gasteiger partial charge < -0.3 is 10.2 Å². The maximum atomic E-state index is 13.1. The van der Waals surface area contributed by atoms with Crippen LogP contribution in [0.5, 0.6) is 11.5 Å². The van der Waals surface area contributed by atoms with Gasteiger partial charge in [0.1, 0.15) is 11.5 Å². The fourth-order valence-corrected chi connectivity index (χ4v) is 2.55. The molecule has 0 saturated carbocycles. The third-order valence-corrected chi connectivity index (χ3v) is 3.76.